The van der Waals surface area contributed by atoms with Crippen molar-refractivity contribution in [2.24, 2.45) is 0 Å². The average molecular weight is 287 g/mol. The number of carbonyl (C=O) groups excluding carboxylic acids is 1. The van der Waals surface area contributed by atoms with Gasteiger partial charge in [-0.2, -0.15) is 0 Å². The van der Waals surface area contributed by atoms with Crippen molar-refractivity contribution in [3.8, 4) is 5.69 Å². The molecule has 6 nitrogen and oxygen atoms in total. The number of carbonyl (C=O) groups is 1. The van der Waals surface area contributed by atoms with Crippen molar-refractivity contribution < 1.29 is 4.79 Å². The van der Waals surface area contributed by atoms with Gasteiger partial charge in [0.15, 0.2) is 0 Å². The summed E-state index contributed by atoms with van der Waals surface area (Å²) in [5.74, 6) is 0.122. The molecular weight excluding hydrogens is 266 g/mol. The van der Waals surface area contributed by atoms with Crippen molar-refractivity contribution in [2.75, 3.05) is 7.05 Å². The third-order valence-corrected chi connectivity index (χ3v) is 4.05. The van der Waals surface area contributed by atoms with Crippen molar-refractivity contribution in [2.45, 2.75) is 39.2 Å². The Morgan fingerprint density at radius 3 is 2.48 bits per heavy atom. The molecule has 1 aromatic carbocycles. The fraction of sp³-hybridized carbons (Fsp3) is 0.467. The normalized spacial score (nSPS) is 11.4. The van der Waals surface area contributed by atoms with Crippen LogP contribution in [0.5, 0.6) is 0 Å². The Morgan fingerprint density at radius 1 is 1.29 bits per heavy atom. The Hall–Kier alpha value is -2.24. The van der Waals surface area contributed by atoms with Crippen LogP contribution in [0, 0.1) is 0 Å². The zero-order valence-electron chi connectivity index (χ0n) is 12.9. The van der Waals surface area contributed by atoms with Crippen LogP contribution in [0.2, 0.25) is 0 Å². The van der Waals surface area contributed by atoms with Gasteiger partial charge in [0, 0.05) is 12.6 Å². The molecule has 0 unspecified atom stereocenters. The Labute approximate surface area is 124 Å². The molecule has 0 aliphatic heterocycles. The molecule has 1 aromatic heterocycles. The highest BCUT2D eigenvalue weighted by Gasteiger charge is 2.25. The minimum absolute atomic E-state index is 0.122. The molecule has 2 rings (SSSR count). The van der Waals surface area contributed by atoms with Gasteiger partial charge in [0.05, 0.1) is 12.1 Å². The van der Waals surface area contributed by atoms with E-state index in [1.165, 1.54) is 6.33 Å². The van der Waals surface area contributed by atoms with Crippen molar-refractivity contribution >= 4 is 5.91 Å². The van der Waals surface area contributed by atoms with Gasteiger partial charge in [0.25, 0.3) is 0 Å². The highest BCUT2D eigenvalue weighted by Crippen LogP contribution is 2.18. The number of hydrogen-bond acceptors (Lipinski definition) is 4. The summed E-state index contributed by atoms with van der Waals surface area (Å²) in [5.41, 5.74) is 1.73. The molecule has 0 fully saturated rings. The number of aromatic nitrogens is 4. The van der Waals surface area contributed by atoms with E-state index >= 15 is 0 Å². The number of tetrazole rings is 1. The molecule has 1 amide bonds. The maximum absolute atomic E-state index is 12.3. The number of benzene rings is 1. The van der Waals surface area contributed by atoms with Crippen molar-refractivity contribution in [1.29, 1.82) is 0 Å². The first-order valence-electron chi connectivity index (χ1n) is 7.03. The molecule has 0 bridgehead atoms. The van der Waals surface area contributed by atoms with E-state index in [0.29, 0.717) is 6.42 Å². The van der Waals surface area contributed by atoms with Crippen molar-refractivity contribution in [3.05, 3.63) is 36.2 Å². The lowest BCUT2D eigenvalue weighted by atomic mass is 9.99. The number of nitrogens with zero attached hydrogens (tertiary/aromatic N) is 5. The predicted molar refractivity (Wildman–Crippen MR) is 80.0 cm³/mol. The lowest BCUT2D eigenvalue weighted by Gasteiger charge is -2.35. The molecule has 0 aliphatic carbocycles. The number of rotatable bonds is 5. The van der Waals surface area contributed by atoms with Gasteiger partial charge in [-0.25, -0.2) is 4.68 Å². The van der Waals surface area contributed by atoms with Crippen LogP contribution in [0.4, 0.5) is 0 Å². The van der Waals surface area contributed by atoms with E-state index in [9.17, 15) is 4.79 Å². The predicted octanol–water partition coefficient (Wildman–Crippen LogP) is 1.85. The van der Waals surface area contributed by atoms with Gasteiger partial charge >= 0.3 is 0 Å². The van der Waals surface area contributed by atoms with Crippen LogP contribution in [0.1, 0.15) is 32.8 Å². The van der Waals surface area contributed by atoms with Crippen molar-refractivity contribution in [3.63, 3.8) is 0 Å². The average Bonchev–Trinajstić information content (AvgIpc) is 3.01. The molecule has 0 radical (unpaired) electrons. The smallest absolute Gasteiger partial charge is 0.227 e. The molecule has 112 valence electrons. The highest BCUT2D eigenvalue weighted by molar-refractivity contribution is 5.79. The minimum Gasteiger partial charge on any atom is -0.340 e. The largest absolute Gasteiger partial charge is 0.340 e. The Balaban J connectivity index is 2.05. The second-order valence-electron chi connectivity index (χ2n) is 5.72. The molecular formula is C15H21N5O. The number of likely N-dealkylation sites (N-methyl/N-ethyl adjacent to an activating group) is 1. The van der Waals surface area contributed by atoms with E-state index in [1.54, 1.807) is 4.68 Å². The number of hydrogen-bond donors (Lipinski definition) is 0. The summed E-state index contributed by atoms with van der Waals surface area (Å²) in [6.07, 6.45) is 2.86. The molecule has 0 spiro atoms. The summed E-state index contributed by atoms with van der Waals surface area (Å²) < 4.78 is 1.58. The van der Waals surface area contributed by atoms with Crippen LogP contribution in [-0.2, 0) is 11.2 Å². The summed E-state index contributed by atoms with van der Waals surface area (Å²) >= 11 is 0. The minimum atomic E-state index is -0.122. The van der Waals surface area contributed by atoms with Crippen LogP contribution in [0.3, 0.4) is 0 Å². The van der Waals surface area contributed by atoms with Gasteiger partial charge in [-0.05, 0) is 48.4 Å². The fourth-order valence-electron chi connectivity index (χ4n) is 1.91. The molecule has 1 heterocycles. The highest BCUT2D eigenvalue weighted by atomic mass is 16.2. The first kappa shape index (κ1) is 15.2. The summed E-state index contributed by atoms with van der Waals surface area (Å²) in [7, 11) is 1.86. The summed E-state index contributed by atoms with van der Waals surface area (Å²) in [4.78, 5) is 14.1. The molecule has 0 atom stereocenters. The molecule has 0 N–H and O–H groups in total. The third-order valence-electron chi connectivity index (χ3n) is 4.05. The van der Waals surface area contributed by atoms with Crippen LogP contribution < -0.4 is 0 Å². The zero-order chi connectivity index (χ0) is 15.5. The van der Waals surface area contributed by atoms with E-state index < -0.39 is 0 Å². The van der Waals surface area contributed by atoms with E-state index in [4.69, 9.17) is 0 Å². The Bertz CT molecular complexity index is 589. The topological polar surface area (TPSA) is 63.9 Å². The monoisotopic (exact) mass is 287 g/mol. The quantitative estimate of drug-likeness (QED) is 0.842. The lowest BCUT2D eigenvalue weighted by Crippen LogP contribution is -2.45. The second-order valence-corrected chi connectivity index (χ2v) is 5.72. The maximum atomic E-state index is 12.3. The van der Waals surface area contributed by atoms with E-state index in [-0.39, 0.29) is 11.4 Å². The number of amides is 1. The van der Waals surface area contributed by atoms with E-state index in [1.807, 2.05) is 36.2 Å². The Kier molecular flexibility index (Phi) is 4.35. The summed E-state index contributed by atoms with van der Waals surface area (Å²) in [6, 6.07) is 7.68. The zero-order valence-corrected chi connectivity index (χ0v) is 12.9. The molecule has 6 heteroatoms. The van der Waals surface area contributed by atoms with Gasteiger partial charge in [0.1, 0.15) is 6.33 Å². The van der Waals surface area contributed by atoms with Crippen molar-refractivity contribution in [1.82, 2.24) is 25.1 Å². The maximum Gasteiger partial charge on any atom is 0.227 e. The molecule has 0 saturated carbocycles. The van der Waals surface area contributed by atoms with Crippen LogP contribution in [0.15, 0.2) is 30.6 Å². The Morgan fingerprint density at radius 2 is 1.95 bits per heavy atom. The van der Waals surface area contributed by atoms with Gasteiger partial charge in [-0.1, -0.05) is 19.1 Å². The van der Waals surface area contributed by atoms with Gasteiger partial charge in [-0.3, -0.25) is 4.79 Å². The van der Waals surface area contributed by atoms with Crippen LogP contribution >= 0.6 is 0 Å². The summed E-state index contributed by atoms with van der Waals surface area (Å²) in [5, 5.41) is 11.0. The fourth-order valence-corrected chi connectivity index (χ4v) is 1.91. The van der Waals surface area contributed by atoms with Gasteiger partial charge < -0.3 is 4.90 Å². The lowest BCUT2D eigenvalue weighted by molar-refractivity contribution is -0.133. The molecule has 21 heavy (non-hydrogen) atoms. The SMILES string of the molecule is CCC(C)(C)N(C)C(=O)Cc1ccc(-n2cnnn2)cc1. The van der Waals surface area contributed by atoms with E-state index in [2.05, 4.69) is 36.3 Å². The first-order chi connectivity index (χ1) is 9.94. The summed E-state index contributed by atoms with van der Waals surface area (Å²) in [6.45, 7) is 6.24. The van der Waals surface area contributed by atoms with E-state index in [0.717, 1.165) is 17.7 Å². The second kappa shape index (κ2) is 6.03. The molecule has 2 aromatic rings. The first-order valence-corrected chi connectivity index (χ1v) is 7.03. The third kappa shape index (κ3) is 3.45. The molecule has 0 aliphatic rings. The standard InChI is InChI=1S/C15H21N5O/c1-5-15(2,3)19(4)14(21)10-12-6-8-13(9-7-12)20-11-16-17-18-20/h6-9,11H,5,10H2,1-4H3. The van der Waals surface area contributed by atoms with Gasteiger partial charge in [-0.15, -0.1) is 5.10 Å². The van der Waals surface area contributed by atoms with Crippen LogP contribution in [-0.4, -0.2) is 43.6 Å². The van der Waals surface area contributed by atoms with Crippen LogP contribution in [0.25, 0.3) is 5.69 Å². The molecule has 0 saturated heterocycles. The van der Waals surface area contributed by atoms with Gasteiger partial charge in [0.2, 0.25) is 5.91 Å².